The highest BCUT2D eigenvalue weighted by atomic mass is 16.1. The maximum atomic E-state index is 11.8. The average Bonchev–Trinajstić information content (AvgIpc) is 2.16. The fraction of sp³-hybridized carbons (Fsp3) is 0.667. The first-order chi connectivity index (χ1) is 6.38. The van der Waals surface area contributed by atoms with Crippen molar-refractivity contribution in [3.05, 3.63) is 11.6 Å². The van der Waals surface area contributed by atoms with Crippen LogP contribution in [0.1, 0.15) is 41.0 Å². The van der Waals surface area contributed by atoms with Gasteiger partial charge in [0.15, 0.2) is 5.71 Å². The van der Waals surface area contributed by atoms with Crippen LogP contribution in [0.15, 0.2) is 11.6 Å². The molecule has 0 saturated heterocycles. The lowest BCUT2D eigenvalue weighted by Crippen LogP contribution is -2.79. The lowest BCUT2D eigenvalue weighted by atomic mass is 9.78. The molecule has 1 aliphatic heterocycles. The number of hydrogen-bond acceptors (Lipinski definition) is 1. The second kappa shape index (κ2) is 3.68. The van der Waals surface area contributed by atoms with E-state index in [0.717, 1.165) is 12.1 Å². The molecule has 0 aromatic heterocycles. The summed E-state index contributed by atoms with van der Waals surface area (Å²) in [6.07, 6.45) is 3.09. The number of carbonyl (C=O) groups excluding carboxylic acids is 1. The van der Waals surface area contributed by atoms with Gasteiger partial charge in [-0.2, -0.15) is 4.99 Å². The zero-order chi connectivity index (χ0) is 10.9. The molecule has 2 nitrogen and oxygen atoms in total. The minimum atomic E-state index is -0.0505. The molecule has 0 aromatic carbocycles. The van der Waals surface area contributed by atoms with Crippen molar-refractivity contribution in [1.82, 2.24) is 0 Å². The molecule has 1 heterocycles. The van der Waals surface area contributed by atoms with Crippen LogP contribution >= 0.6 is 0 Å². The maximum Gasteiger partial charge on any atom is 0.389 e. The molecule has 78 valence electrons. The summed E-state index contributed by atoms with van der Waals surface area (Å²) in [6, 6.07) is 0. The molecule has 2 heteroatoms. The molecule has 0 fully saturated rings. The molecule has 0 aromatic rings. The Morgan fingerprint density at radius 3 is 2.57 bits per heavy atom. The molecule has 0 bridgehead atoms. The highest BCUT2D eigenvalue weighted by Crippen LogP contribution is 2.30. The minimum Gasteiger partial charge on any atom is -0.219 e. The van der Waals surface area contributed by atoms with Gasteiger partial charge < -0.3 is 0 Å². The van der Waals surface area contributed by atoms with Crippen molar-refractivity contribution in [2.45, 2.75) is 41.0 Å². The molecule has 1 aliphatic rings. The Balaban J connectivity index is 3.19. The largest absolute Gasteiger partial charge is 0.389 e. The Labute approximate surface area is 86.1 Å². The Morgan fingerprint density at radius 2 is 2.07 bits per heavy atom. The highest BCUT2D eigenvalue weighted by Gasteiger charge is 2.36. The first-order valence-corrected chi connectivity index (χ1v) is 5.25. The normalized spacial score (nSPS) is 26.6. The van der Waals surface area contributed by atoms with Crippen LogP contribution in [-0.2, 0) is 4.79 Å². The first-order valence-electron chi connectivity index (χ1n) is 5.25. The lowest BCUT2D eigenvalue weighted by molar-refractivity contribution is -0.384. The topological polar surface area (TPSA) is 31.0 Å². The van der Waals surface area contributed by atoms with Crippen LogP contribution in [0.4, 0.5) is 0 Å². The molecular formula is C12H20NO+. The van der Waals surface area contributed by atoms with Gasteiger partial charge in [-0.15, -0.1) is 0 Å². The number of hydrogen-bond donors (Lipinski definition) is 1. The van der Waals surface area contributed by atoms with E-state index in [0.29, 0.717) is 0 Å². The van der Waals surface area contributed by atoms with E-state index in [4.69, 9.17) is 0 Å². The van der Waals surface area contributed by atoms with Crippen LogP contribution in [-0.4, -0.2) is 11.6 Å². The Hall–Kier alpha value is -0.920. The van der Waals surface area contributed by atoms with Gasteiger partial charge in [0.05, 0.1) is 5.92 Å². The summed E-state index contributed by atoms with van der Waals surface area (Å²) in [5.74, 6) is 0.168. The van der Waals surface area contributed by atoms with E-state index in [1.807, 2.05) is 6.92 Å². The summed E-state index contributed by atoms with van der Waals surface area (Å²) in [4.78, 5) is 14.8. The third-order valence-electron chi connectivity index (χ3n) is 3.20. The SMILES string of the molecule is CCC1=[NH+]C(=O)[C@@H](C)C(C)(C)C=C1C. The van der Waals surface area contributed by atoms with Crippen molar-refractivity contribution in [3.63, 3.8) is 0 Å². The van der Waals surface area contributed by atoms with Gasteiger partial charge in [0, 0.05) is 12.0 Å². The summed E-state index contributed by atoms with van der Waals surface area (Å²) in [5, 5.41) is 0. The van der Waals surface area contributed by atoms with Crippen molar-refractivity contribution in [2.24, 2.45) is 11.3 Å². The van der Waals surface area contributed by atoms with E-state index in [9.17, 15) is 4.79 Å². The summed E-state index contributed by atoms with van der Waals surface area (Å²) in [6.45, 7) is 10.3. The summed E-state index contributed by atoms with van der Waals surface area (Å²) in [5.41, 5.74) is 2.22. The quantitative estimate of drug-likeness (QED) is 0.665. The van der Waals surface area contributed by atoms with E-state index >= 15 is 0 Å². The van der Waals surface area contributed by atoms with Crippen molar-refractivity contribution in [1.29, 1.82) is 0 Å². The van der Waals surface area contributed by atoms with Gasteiger partial charge in [0.2, 0.25) is 0 Å². The van der Waals surface area contributed by atoms with Crippen molar-refractivity contribution < 1.29 is 9.79 Å². The standard InChI is InChI=1S/C12H19NO/c1-6-10-8(2)7-12(4,5)9(3)11(14)13-10/h7,9H,6H2,1-5H3/p+1/t9-/m1/s1. The van der Waals surface area contributed by atoms with Gasteiger partial charge in [0.1, 0.15) is 0 Å². The summed E-state index contributed by atoms with van der Waals surface area (Å²) >= 11 is 0. The molecule has 1 atom stereocenters. The monoisotopic (exact) mass is 194 g/mol. The van der Waals surface area contributed by atoms with Gasteiger partial charge in [-0.25, -0.2) is 4.79 Å². The molecule has 0 spiro atoms. The molecule has 0 unspecified atom stereocenters. The van der Waals surface area contributed by atoms with Crippen LogP contribution in [0.3, 0.4) is 0 Å². The van der Waals surface area contributed by atoms with Gasteiger partial charge in [0.25, 0.3) is 0 Å². The van der Waals surface area contributed by atoms with E-state index < -0.39 is 0 Å². The Bertz CT molecular complexity index is 310. The van der Waals surface area contributed by atoms with Crippen LogP contribution < -0.4 is 4.99 Å². The van der Waals surface area contributed by atoms with Crippen molar-refractivity contribution >= 4 is 11.6 Å². The molecule has 1 N–H and O–H groups in total. The number of rotatable bonds is 1. The second-order valence-electron chi connectivity index (χ2n) is 4.69. The zero-order valence-corrected chi connectivity index (χ0v) is 9.77. The predicted octanol–water partition coefficient (Wildman–Crippen LogP) is 1.07. The second-order valence-corrected chi connectivity index (χ2v) is 4.69. The third-order valence-corrected chi connectivity index (χ3v) is 3.20. The van der Waals surface area contributed by atoms with Crippen molar-refractivity contribution in [3.8, 4) is 0 Å². The fourth-order valence-corrected chi connectivity index (χ4v) is 1.83. The average molecular weight is 194 g/mol. The third kappa shape index (κ3) is 1.94. The summed E-state index contributed by atoms with van der Waals surface area (Å²) < 4.78 is 0. The molecule has 1 rings (SSSR count). The van der Waals surface area contributed by atoms with E-state index in [-0.39, 0.29) is 17.2 Å². The molecular weight excluding hydrogens is 174 g/mol. The van der Waals surface area contributed by atoms with Gasteiger partial charge in [-0.05, 0) is 19.3 Å². The Kier molecular flexibility index (Phi) is 2.93. The van der Waals surface area contributed by atoms with Crippen LogP contribution in [0.2, 0.25) is 0 Å². The molecule has 0 aliphatic carbocycles. The molecule has 1 amide bonds. The number of allylic oxidation sites excluding steroid dienone is 2. The number of carbonyl (C=O) groups is 1. The number of nitrogens with one attached hydrogen (secondary N) is 1. The molecule has 0 radical (unpaired) electrons. The van der Waals surface area contributed by atoms with Crippen LogP contribution in [0.5, 0.6) is 0 Å². The zero-order valence-electron chi connectivity index (χ0n) is 9.77. The van der Waals surface area contributed by atoms with Gasteiger partial charge in [-0.3, -0.25) is 0 Å². The van der Waals surface area contributed by atoms with Gasteiger partial charge >= 0.3 is 5.91 Å². The van der Waals surface area contributed by atoms with Crippen LogP contribution in [0, 0.1) is 11.3 Å². The highest BCUT2D eigenvalue weighted by molar-refractivity contribution is 5.98. The minimum absolute atomic E-state index is 0.0292. The Morgan fingerprint density at radius 1 is 1.50 bits per heavy atom. The van der Waals surface area contributed by atoms with Gasteiger partial charge in [-0.1, -0.05) is 26.8 Å². The maximum absolute atomic E-state index is 11.8. The number of amides is 1. The smallest absolute Gasteiger partial charge is 0.219 e. The van der Waals surface area contributed by atoms with Crippen molar-refractivity contribution in [2.75, 3.05) is 0 Å². The van der Waals surface area contributed by atoms with E-state index in [1.165, 1.54) is 5.57 Å². The first kappa shape index (κ1) is 11.2. The molecule has 14 heavy (non-hydrogen) atoms. The summed E-state index contributed by atoms with van der Waals surface area (Å²) in [7, 11) is 0. The van der Waals surface area contributed by atoms with E-state index in [1.54, 1.807) is 0 Å². The van der Waals surface area contributed by atoms with Crippen LogP contribution in [0.25, 0.3) is 0 Å². The molecule has 0 saturated carbocycles. The lowest BCUT2D eigenvalue weighted by Gasteiger charge is -2.22. The predicted molar refractivity (Wildman–Crippen MR) is 58.0 cm³/mol. The van der Waals surface area contributed by atoms with E-state index in [2.05, 4.69) is 38.8 Å². The fourth-order valence-electron chi connectivity index (χ4n) is 1.83.